The molecule has 1 aromatic carbocycles. The van der Waals surface area contributed by atoms with Gasteiger partial charge in [-0.2, -0.15) is 0 Å². The van der Waals surface area contributed by atoms with Crippen molar-refractivity contribution < 1.29 is 14.6 Å². The van der Waals surface area contributed by atoms with Crippen LogP contribution in [0.1, 0.15) is 15.9 Å². The Hall–Kier alpha value is -1.55. The average Bonchev–Trinajstić information content (AvgIpc) is 2.18. The zero-order valence-corrected chi connectivity index (χ0v) is 7.99. The van der Waals surface area contributed by atoms with Crippen LogP contribution < -0.4 is 5.73 Å². The maximum absolute atomic E-state index is 11.3. The van der Waals surface area contributed by atoms with Gasteiger partial charge in [-0.15, -0.1) is 0 Å². The summed E-state index contributed by atoms with van der Waals surface area (Å²) >= 11 is 0. The van der Waals surface area contributed by atoms with E-state index < -0.39 is 5.97 Å². The molecule has 0 fully saturated rings. The lowest BCUT2D eigenvalue weighted by molar-refractivity contribution is 0.0600. The Morgan fingerprint density at radius 3 is 2.86 bits per heavy atom. The second-order valence-electron chi connectivity index (χ2n) is 2.85. The Morgan fingerprint density at radius 1 is 1.57 bits per heavy atom. The number of benzene rings is 1. The molecule has 0 saturated heterocycles. The summed E-state index contributed by atoms with van der Waals surface area (Å²) in [6.07, 6.45) is 0.398. The molecule has 1 aromatic rings. The number of methoxy groups -OCH3 is 1. The fourth-order valence-electron chi connectivity index (χ4n) is 1.30. The number of nitrogen functional groups attached to an aromatic ring is 1. The first-order valence-electron chi connectivity index (χ1n) is 4.27. The third-order valence-corrected chi connectivity index (χ3v) is 1.95. The van der Waals surface area contributed by atoms with Crippen LogP contribution in [0.15, 0.2) is 18.2 Å². The third kappa shape index (κ3) is 2.03. The van der Waals surface area contributed by atoms with Crippen molar-refractivity contribution in [1.82, 2.24) is 0 Å². The van der Waals surface area contributed by atoms with Crippen molar-refractivity contribution in [2.75, 3.05) is 19.5 Å². The van der Waals surface area contributed by atoms with Crippen molar-refractivity contribution in [3.05, 3.63) is 29.3 Å². The van der Waals surface area contributed by atoms with Gasteiger partial charge in [0.15, 0.2) is 0 Å². The van der Waals surface area contributed by atoms with Gasteiger partial charge in [0.2, 0.25) is 0 Å². The molecule has 0 spiro atoms. The van der Waals surface area contributed by atoms with E-state index in [1.165, 1.54) is 7.11 Å². The predicted octanol–water partition coefficient (Wildman–Crippen LogP) is 0.590. The van der Waals surface area contributed by atoms with Gasteiger partial charge in [-0.1, -0.05) is 12.1 Å². The molecule has 0 aromatic heterocycles. The molecule has 0 atom stereocenters. The van der Waals surface area contributed by atoms with Crippen LogP contribution >= 0.6 is 0 Å². The summed E-state index contributed by atoms with van der Waals surface area (Å²) in [6, 6.07) is 5.12. The first kappa shape index (κ1) is 10.5. The summed E-state index contributed by atoms with van der Waals surface area (Å²) in [5.41, 5.74) is 7.08. The Bertz CT molecular complexity index is 336. The fraction of sp³-hybridized carbons (Fsp3) is 0.300. The molecular formula is C10H13NO3. The average molecular weight is 195 g/mol. The summed E-state index contributed by atoms with van der Waals surface area (Å²) < 4.78 is 4.60. The van der Waals surface area contributed by atoms with E-state index in [1.54, 1.807) is 18.2 Å². The Morgan fingerprint density at radius 2 is 2.29 bits per heavy atom. The van der Waals surface area contributed by atoms with E-state index in [2.05, 4.69) is 4.74 Å². The second-order valence-corrected chi connectivity index (χ2v) is 2.85. The number of aliphatic hydroxyl groups excluding tert-OH is 1. The highest BCUT2D eigenvalue weighted by atomic mass is 16.5. The van der Waals surface area contributed by atoms with Gasteiger partial charge in [0.25, 0.3) is 0 Å². The van der Waals surface area contributed by atoms with E-state index in [0.29, 0.717) is 23.2 Å². The first-order valence-corrected chi connectivity index (χ1v) is 4.27. The van der Waals surface area contributed by atoms with Gasteiger partial charge in [0, 0.05) is 12.3 Å². The number of carbonyl (C=O) groups is 1. The summed E-state index contributed by atoms with van der Waals surface area (Å²) in [5, 5.41) is 8.80. The van der Waals surface area contributed by atoms with Crippen molar-refractivity contribution >= 4 is 11.7 Å². The number of nitrogens with two attached hydrogens (primary N) is 1. The SMILES string of the molecule is COC(=O)c1c(N)cccc1CCO. The fourth-order valence-corrected chi connectivity index (χ4v) is 1.30. The quantitative estimate of drug-likeness (QED) is 0.547. The second kappa shape index (κ2) is 4.62. The number of ether oxygens (including phenoxy) is 1. The molecular weight excluding hydrogens is 182 g/mol. The number of esters is 1. The van der Waals surface area contributed by atoms with E-state index in [9.17, 15) is 4.79 Å². The zero-order valence-electron chi connectivity index (χ0n) is 7.99. The molecule has 0 aliphatic rings. The van der Waals surface area contributed by atoms with Crippen LogP contribution in [0, 0.1) is 0 Å². The number of carbonyl (C=O) groups excluding carboxylic acids is 1. The van der Waals surface area contributed by atoms with E-state index in [4.69, 9.17) is 10.8 Å². The van der Waals surface area contributed by atoms with Crippen LogP contribution in [0.25, 0.3) is 0 Å². The van der Waals surface area contributed by atoms with Crippen molar-refractivity contribution in [1.29, 1.82) is 0 Å². The van der Waals surface area contributed by atoms with E-state index in [0.717, 1.165) is 0 Å². The molecule has 0 radical (unpaired) electrons. The molecule has 0 aliphatic carbocycles. The summed E-state index contributed by atoms with van der Waals surface area (Å²) in [7, 11) is 1.30. The number of rotatable bonds is 3. The molecule has 0 bridgehead atoms. The van der Waals surface area contributed by atoms with Crippen LogP contribution in [-0.2, 0) is 11.2 Å². The van der Waals surface area contributed by atoms with Crippen LogP contribution in [0.5, 0.6) is 0 Å². The number of aliphatic hydroxyl groups is 1. The highest BCUT2D eigenvalue weighted by Crippen LogP contribution is 2.18. The van der Waals surface area contributed by atoms with Crippen molar-refractivity contribution in [2.45, 2.75) is 6.42 Å². The van der Waals surface area contributed by atoms with E-state index in [-0.39, 0.29) is 6.61 Å². The minimum absolute atomic E-state index is 0.0204. The Labute approximate surface area is 82.3 Å². The van der Waals surface area contributed by atoms with Gasteiger partial charge >= 0.3 is 5.97 Å². The summed E-state index contributed by atoms with van der Waals surface area (Å²) in [6.45, 7) is -0.0204. The monoisotopic (exact) mass is 195 g/mol. The van der Waals surface area contributed by atoms with Gasteiger partial charge in [-0.3, -0.25) is 0 Å². The Balaban J connectivity index is 3.15. The third-order valence-electron chi connectivity index (χ3n) is 1.95. The first-order chi connectivity index (χ1) is 6.70. The normalized spacial score (nSPS) is 9.86. The lowest BCUT2D eigenvalue weighted by Crippen LogP contribution is -2.10. The van der Waals surface area contributed by atoms with Crippen molar-refractivity contribution in [3.8, 4) is 0 Å². The largest absolute Gasteiger partial charge is 0.465 e. The summed E-state index contributed by atoms with van der Waals surface area (Å²) in [4.78, 5) is 11.3. The number of hydrogen-bond donors (Lipinski definition) is 2. The van der Waals surface area contributed by atoms with Crippen LogP contribution in [0.2, 0.25) is 0 Å². The minimum Gasteiger partial charge on any atom is -0.465 e. The smallest absolute Gasteiger partial charge is 0.340 e. The standard InChI is InChI=1S/C10H13NO3/c1-14-10(13)9-7(5-6-12)3-2-4-8(9)11/h2-4,12H,5-6,11H2,1H3. The molecule has 14 heavy (non-hydrogen) atoms. The molecule has 1 rings (SSSR count). The molecule has 3 N–H and O–H groups in total. The van der Waals surface area contributed by atoms with Crippen LogP contribution in [0.3, 0.4) is 0 Å². The molecule has 0 amide bonds. The molecule has 0 heterocycles. The molecule has 4 heteroatoms. The van der Waals surface area contributed by atoms with Gasteiger partial charge in [0.05, 0.1) is 12.7 Å². The van der Waals surface area contributed by atoms with E-state index in [1.807, 2.05) is 0 Å². The van der Waals surface area contributed by atoms with Crippen molar-refractivity contribution in [3.63, 3.8) is 0 Å². The molecule has 0 unspecified atom stereocenters. The number of hydrogen-bond acceptors (Lipinski definition) is 4. The molecule has 0 aliphatic heterocycles. The topological polar surface area (TPSA) is 72.5 Å². The van der Waals surface area contributed by atoms with E-state index >= 15 is 0 Å². The van der Waals surface area contributed by atoms with Crippen molar-refractivity contribution in [2.24, 2.45) is 0 Å². The summed E-state index contributed by atoms with van der Waals surface area (Å²) in [5.74, 6) is -0.466. The maximum atomic E-state index is 11.3. The number of anilines is 1. The van der Waals surface area contributed by atoms with Gasteiger partial charge < -0.3 is 15.6 Å². The lowest BCUT2D eigenvalue weighted by Gasteiger charge is -2.08. The highest BCUT2D eigenvalue weighted by Gasteiger charge is 2.14. The van der Waals surface area contributed by atoms with Gasteiger partial charge in [-0.05, 0) is 18.1 Å². The minimum atomic E-state index is -0.466. The molecule has 0 saturated carbocycles. The Kier molecular flexibility index (Phi) is 3.48. The highest BCUT2D eigenvalue weighted by molar-refractivity contribution is 5.96. The van der Waals surface area contributed by atoms with Crippen LogP contribution in [-0.4, -0.2) is 24.8 Å². The zero-order chi connectivity index (χ0) is 10.6. The van der Waals surface area contributed by atoms with Gasteiger partial charge in [-0.25, -0.2) is 4.79 Å². The lowest BCUT2D eigenvalue weighted by atomic mass is 10.0. The van der Waals surface area contributed by atoms with Crippen LogP contribution in [0.4, 0.5) is 5.69 Å². The molecule has 4 nitrogen and oxygen atoms in total. The maximum Gasteiger partial charge on any atom is 0.340 e. The predicted molar refractivity (Wildman–Crippen MR) is 53.0 cm³/mol. The molecule has 76 valence electrons. The van der Waals surface area contributed by atoms with Gasteiger partial charge in [0.1, 0.15) is 0 Å².